The molecule has 0 saturated carbocycles. The molecule has 0 N–H and O–H groups in total. The summed E-state index contributed by atoms with van der Waals surface area (Å²) in [6, 6.07) is 8.78. The molecule has 0 radical (unpaired) electrons. The first-order valence-corrected chi connectivity index (χ1v) is 11.4. The van der Waals surface area contributed by atoms with Crippen LogP contribution in [0.2, 0.25) is 0 Å². The Morgan fingerprint density at radius 3 is 2.53 bits per heavy atom. The summed E-state index contributed by atoms with van der Waals surface area (Å²) < 4.78 is 0. The number of likely N-dealkylation sites (tertiary alicyclic amines) is 1. The van der Waals surface area contributed by atoms with Crippen molar-refractivity contribution in [2.45, 2.75) is 60.8 Å². The number of hydrogen-bond acceptors (Lipinski definition) is 1. The van der Waals surface area contributed by atoms with Gasteiger partial charge in [0.25, 0.3) is 5.91 Å². The molecular weight excluding hydrogens is 366 g/mol. The van der Waals surface area contributed by atoms with E-state index in [0.717, 1.165) is 43.5 Å². The number of carbonyl (C=O) groups excluding carboxylic acids is 1. The second-order valence-electron chi connectivity index (χ2n) is 9.84. The normalized spacial score (nSPS) is 20.9. The molecule has 2 atom stereocenters. The number of piperidine rings is 1. The SMILES string of the molecule is Cc1cc(C)c2c(c1)CC(Cc1c(C)ccc(C(=O)N3CCC(C)C(C)C3)c1C)=C2. The highest BCUT2D eigenvalue weighted by molar-refractivity contribution is 5.96. The van der Waals surface area contributed by atoms with Crippen LogP contribution in [0.5, 0.6) is 0 Å². The van der Waals surface area contributed by atoms with Crippen molar-refractivity contribution in [2.75, 3.05) is 13.1 Å². The van der Waals surface area contributed by atoms with Crippen LogP contribution in [0.1, 0.15) is 69.6 Å². The average molecular weight is 402 g/mol. The maximum absolute atomic E-state index is 13.3. The van der Waals surface area contributed by atoms with Gasteiger partial charge >= 0.3 is 0 Å². The summed E-state index contributed by atoms with van der Waals surface area (Å²) in [4.78, 5) is 15.4. The van der Waals surface area contributed by atoms with E-state index in [4.69, 9.17) is 0 Å². The molecule has 2 heteroatoms. The highest BCUT2D eigenvalue weighted by Gasteiger charge is 2.28. The number of benzene rings is 2. The number of amides is 1. The van der Waals surface area contributed by atoms with Gasteiger partial charge in [-0.2, -0.15) is 0 Å². The largest absolute Gasteiger partial charge is 0.338 e. The van der Waals surface area contributed by atoms with E-state index in [2.05, 4.69) is 70.7 Å². The number of rotatable bonds is 3. The van der Waals surface area contributed by atoms with E-state index in [0.29, 0.717) is 11.8 Å². The highest BCUT2D eigenvalue weighted by atomic mass is 16.2. The molecule has 1 saturated heterocycles. The molecule has 30 heavy (non-hydrogen) atoms. The first-order chi connectivity index (χ1) is 14.2. The molecule has 1 aliphatic carbocycles. The van der Waals surface area contributed by atoms with Crippen LogP contribution in [0.3, 0.4) is 0 Å². The molecule has 158 valence electrons. The maximum atomic E-state index is 13.3. The molecule has 1 aliphatic heterocycles. The van der Waals surface area contributed by atoms with Gasteiger partial charge in [0.05, 0.1) is 0 Å². The van der Waals surface area contributed by atoms with Gasteiger partial charge in [-0.3, -0.25) is 4.79 Å². The molecule has 2 aromatic carbocycles. The lowest BCUT2D eigenvalue weighted by atomic mass is 9.87. The minimum absolute atomic E-state index is 0.211. The van der Waals surface area contributed by atoms with Gasteiger partial charge in [-0.25, -0.2) is 0 Å². The first-order valence-electron chi connectivity index (χ1n) is 11.4. The van der Waals surface area contributed by atoms with Crippen LogP contribution in [0, 0.1) is 39.5 Å². The number of allylic oxidation sites excluding steroid dienone is 1. The second-order valence-corrected chi connectivity index (χ2v) is 9.84. The van der Waals surface area contributed by atoms with Gasteiger partial charge < -0.3 is 4.90 Å². The summed E-state index contributed by atoms with van der Waals surface area (Å²) in [5.41, 5.74) is 11.7. The van der Waals surface area contributed by atoms with Gasteiger partial charge in [0.1, 0.15) is 0 Å². The van der Waals surface area contributed by atoms with Gasteiger partial charge in [0.2, 0.25) is 0 Å². The highest BCUT2D eigenvalue weighted by Crippen LogP contribution is 2.33. The Hall–Kier alpha value is -2.35. The van der Waals surface area contributed by atoms with E-state index in [1.54, 1.807) is 0 Å². The number of fused-ring (bicyclic) bond motifs is 1. The van der Waals surface area contributed by atoms with E-state index in [1.807, 2.05) is 6.07 Å². The minimum atomic E-state index is 0.211. The quantitative estimate of drug-likeness (QED) is 0.598. The monoisotopic (exact) mass is 401 g/mol. The minimum Gasteiger partial charge on any atom is -0.338 e. The molecule has 2 nitrogen and oxygen atoms in total. The van der Waals surface area contributed by atoms with Crippen molar-refractivity contribution in [1.29, 1.82) is 0 Å². The number of carbonyl (C=O) groups is 1. The summed E-state index contributed by atoms with van der Waals surface area (Å²) >= 11 is 0. The molecule has 2 aromatic rings. The summed E-state index contributed by atoms with van der Waals surface area (Å²) in [5.74, 6) is 1.48. The zero-order valence-electron chi connectivity index (χ0n) is 19.4. The van der Waals surface area contributed by atoms with Crippen molar-refractivity contribution < 1.29 is 4.79 Å². The van der Waals surface area contributed by atoms with Crippen LogP contribution >= 0.6 is 0 Å². The van der Waals surface area contributed by atoms with Crippen LogP contribution in [-0.2, 0) is 12.8 Å². The molecule has 0 spiro atoms. The lowest BCUT2D eigenvalue weighted by Gasteiger charge is -2.35. The van der Waals surface area contributed by atoms with Crippen LogP contribution in [-0.4, -0.2) is 23.9 Å². The van der Waals surface area contributed by atoms with Crippen molar-refractivity contribution in [3.8, 4) is 0 Å². The summed E-state index contributed by atoms with van der Waals surface area (Å²) in [6.45, 7) is 15.0. The van der Waals surface area contributed by atoms with Crippen LogP contribution < -0.4 is 0 Å². The van der Waals surface area contributed by atoms with Crippen LogP contribution in [0.4, 0.5) is 0 Å². The maximum Gasteiger partial charge on any atom is 0.254 e. The van der Waals surface area contributed by atoms with E-state index < -0.39 is 0 Å². The molecule has 1 amide bonds. The lowest BCUT2D eigenvalue weighted by molar-refractivity contribution is 0.0626. The molecule has 0 bridgehead atoms. The molecule has 0 aromatic heterocycles. The average Bonchev–Trinajstić information content (AvgIpc) is 3.10. The Kier molecular flexibility index (Phi) is 5.61. The summed E-state index contributed by atoms with van der Waals surface area (Å²) in [6.07, 6.45) is 5.44. The number of hydrogen-bond donors (Lipinski definition) is 0. The Morgan fingerprint density at radius 2 is 1.80 bits per heavy atom. The van der Waals surface area contributed by atoms with Crippen LogP contribution in [0.15, 0.2) is 29.8 Å². The van der Waals surface area contributed by atoms with E-state index in [1.165, 1.54) is 39.0 Å². The van der Waals surface area contributed by atoms with Crippen molar-refractivity contribution >= 4 is 12.0 Å². The van der Waals surface area contributed by atoms with Crippen LogP contribution in [0.25, 0.3) is 6.08 Å². The predicted molar refractivity (Wildman–Crippen MR) is 126 cm³/mol. The Morgan fingerprint density at radius 1 is 1.03 bits per heavy atom. The molecule has 2 unspecified atom stereocenters. The summed E-state index contributed by atoms with van der Waals surface area (Å²) in [7, 11) is 0. The third kappa shape index (κ3) is 3.85. The fourth-order valence-corrected chi connectivity index (χ4v) is 5.27. The summed E-state index contributed by atoms with van der Waals surface area (Å²) in [5, 5.41) is 0. The van der Waals surface area contributed by atoms with Gasteiger partial charge in [-0.15, -0.1) is 0 Å². The van der Waals surface area contributed by atoms with Gasteiger partial charge in [0.15, 0.2) is 0 Å². The Labute approximate surface area is 182 Å². The number of nitrogens with zero attached hydrogens (tertiary/aromatic N) is 1. The van der Waals surface area contributed by atoms with Crippen molar-refractivity contribution in [3.05, 3.63) is 74.3 Å². The molecule has 1 fully saturated rings. The van der Waals surface area contributed by atoms with Gasteiger partial charge in [0, 0.05) is 18.7 Å². The number of aryl methyl sites for hydroxylation is 3. The van der Waals surface area contributed by atoms with E-state index in [9.17, 15) is 4.79 Å². The fraction of sp³-hybridized carbons (Fsp3) is 0.464. The Balaban J connectivity index is 1.59. The zero-order valence-corrected chi connectivity index (χ0v) is 19.4. The topological polar surface area (TPSA) is 20.3 Å². The van der Waals surface area contributed by atoms with Gasteiger partial charge in [-0.05, 0) is 98.2 Å². The predicted octanol–water partition coefficient (Wildman–Crippen LogP) is 6.22. The molecule has 1 heterocycles. The fourth-order valence-electron chi connectivity index (χ4n) is 5.27. The van der Waals surface area contributed by atoms with Crippen molar-refractivity contribution in [3.63, 3.8) is 0 Å². The van der Waals surface area contributed by atoms with E-state index >= 15 is 0 Å². The smallest absolute Gasteiger partial charge is 0.254 e. The molecule has 4 rings (SSSR count). The lowest BCUT2D eigenvalue weighted by Crippen LogP contribution is -2.42. The van der Waals surface area contributed by atoms with Crippen molar-refractivity contribution in [2.24, 2.45) is 11.8 Å². The van der Waals surface area contributed by atoms with Crippen molar-refractivity contribution in [1.82, 2.24) is 4.90 Å². The third-order valence-corrected chi connectivity index (χ3v) is 7.47. The molecular formula is C28H35NO. The van der Waals surface area contributed by atoms with E-state index in [-0.39, 0.29) is 5.91 Å². The standard InChI is InChI=1S/C28H35NO/c1-17-11-20(4)27-15-23(13-24(27)12-17)14-26-19(3)7-8-25(22(26)6)28(30)29-10-9-18(2)21(5)16-29/h7-8,11-12,15,18,21H,9-10,13-14,16H2,1-6H3. The zero-order chi connectivity index (χ0) is 21.6. The molecule has 2 aliphatic rings. The van der Waals surface area contributed by atoms with Gasteiger partial charge in [-0.1, -0.05) is 49.3 Å². The third-order valence-electron chi connectivity index (χ3n) is 7.47. The first kappa shape index (κ1) is 20.9. The second kappa shape index (κ2) is 8.06. The Bertz CT molecular complexity index is 1030.